The van der Waals surface area contributed by atoms with Gasteiger partial charge >= 0.3 is 0 Å². The van der Waals surface area contributed by atoms with E-state index in [1.165, 1.54) is 5.56 Å². The van der Waals surface area contributed by atoms with E-state index in [9.17, 15) is 5.11 Å². The normalized spacial score (nSPS) is 13.6. The smallest absolute Gasteiger partial charge is 0.0587 e. The molecule has 1 aromatic rings. The highest BCUT2D eigenvalue weighted by Gasteiger charge is 2.12. The Bertz CT molecular complexity index is 302. The second-order valence-corrected chi connectivity index (χ2v) is 5.83. The minimum absolute atomic E-state index is 0.166. The Morgan fingerprint density at radius 1 is 1.18 bits per heavy atom. The lowest BCUT2D eigenvalue weighted by Crippen LogP contribution is -2.36. The topological polar surface area (TPSA) is 32.3 Å². The maximum absolute atomic E-state index is 9.35. The molecule has 0 heterocycles. The predicted molar refractivity (Wildman–Crippen MR) is 73.1 cm³/mol. The van der Waals surface area contributed by atoms with Gasteiger partial charge in [-0.25, -0.2) is 0 Å². The van der Waals surface area contributed by atoms with Crippen LogP contribution in [0.2, 0.25) is 0 Å². The van der Waals surface area contributed by atoms with E-state index in [-0.39, 0.29) is 12.6 Å². The van der Waals surface area contributed by atoms with Gasteiger partial charge in [0, 0.05) is 6.04 Å². The summed E-state index contributed by atoms with van der Waals surface area (Å²) in [6, 6.07) is 10.5. The number of rotatable bonds is 6. The van der Waals surface area contributed by atoms with Crippen LogP contribution in [0.15, 0.2) is 30.3 Å². The van der Waals surface area contributed by atoms with Crippen molar-refractivity contribution in [2.45, 2.75) is 39.7 Å². The molecule has 0 unspecified atom stereocenters. The number of aliphatic hydroxyl groups excluding tert-OH is 1. The highest BCUT2D eigenvalue weighted by molar-refractivity contribution is 5.15. The van der Waals surface area contributed by atoms with Crippen LogP contribution in [0.1, 0.15) is 32.8 Å². The number of nitrogens with one attached hydrogen (secondary N) is 1. The van der Waals surface area contributed by atoms with Crippen molar-refractivity contribution in [3.63, 3.8) is 0 Å². The molecule has 0 bridgehead atoms. The van der Waals surface area contributed by atoms with Crippen molar-refractivity contribution in [1.29, 1.82) is 0 Å². The summed E-state index contributed by atoms with van der Waals surface area (Å²) in [6.07, 6.45) is 2.01. The van der Waals surface area contributed by atoms with Gasteiger partial charge in [-0.1, -0.05) is 51.1 Å². The Kier molecular flexibility index (Phi) is 5.66. The minimum Gasteiger partial charge on any atom is -0.395 e. The molecule has 1 atom stereocenters. The fraction of sp³-hybridized carbons (Fsp3) is 0.600. The standard InChI is InChI=1S/C15H25NO/c1-15(2,3)9-10-16-14(12-17)11-13-7-5-4-6-8-13/h4-8,14,16-17H,9-12H2,1-3H3/t14-/m0/s1. The zero-order valence-corrected chi connectivity index (χ0v) is 11.2. The van der Waals surface area contributed by atoms with Crippen LogP contribution in [-0.2, 0) is 6.42 Å². The molecule has 0 aromatic heterocycles. The fourth-order valence-electron chi connectivity index (χ4n) is 1.75. The Hall–Kier alpha value is -0.860. The van der Waals surface area contributed by atoms with Gasteiger partial charge in [0.2, 0.25) is 0 Å². The second kappa shape index (κ2) is 6.77. The first-order valence-electron chi connectivity index (χ1n) is 6.39. The number of hydrogen-bond acceptors (Lipinski definition) is 2. The molecule has 0 spiro atoms. The molecule has 0 fully saturated rings. The van der Waals surface area contributed by atoms with Gasteiger partial charge in [0.1, 0.15) is 0 Å². The average molecular weight is 235 g/mol. The third-order valence-electron chi connectivity index (χ3n) is 2.85. The van der Waals surface area contributed by atoms with Crippen molar-refractivity contribution >= 4 is 0 Å². The summed E-state index contributed by atoms with van der Waals surface area (Å²) in [5, 5.41) is 12.8. The van der Waals surface area contributed by atoms with Crippen molar-refractivity contribution < 1.29 is 5.11 Å². The van der Waals surface area contributed by atoms with Crippen molar-refractivity contribution in [1.82, 2.24) is 5.32 Å². The molecule has 0 saturated heterocycles. The molecule has 0 saturated carbocycles. The van der Waals surface area contributed by atoms with Crippen LogP contribution in [0.5, 0.6) is 0 Å². The molecular weight excluding hydrogens is 210 g/mol. The molecule has 0 amide bonds. The molecule has 2 heteroatoms. The third kappa shape index (κ3) is 6.44. The lowest BCUT2D eigenvalue weighted by atomic mass is 9.92. The summed E-state index contributed by atoms with van der Waals surface area (Å²) in [6.45, 7) is 7.86. The molecule has 1 rings (SSSR count). The van der Waals surface area contributed by atoms with E-state index in [4.69, 9.17) is 0 Å². The number of aliphatic hydroxyl groups is 1. The Morgan fingerprint density at radius 3 is 2.35 bits per heavy atom. The van der Waals surface area contributed by atoms with Crippen LogP contribution in [0.4, 0.5) is 0 Å². The van der Waals surface area contributed by atoms with Gasteiger partial charge in [0.25, 0.3) is 0 Å². The van der Waals surface area contributed by atoms with Crippen LogP contribution in [0.25, 0.3) is 0 Å². The lowest BCUT2D eigenvalue weighted by Gasteiger charge is -2.21. The largest absolute Gasteiger partial charge is 0.395 e. The third-order valence-corrected chi connectivity index (χ3v) is 2.85. The van der Waals surface area contributed by atoms with Gasteiger partial charge < -0.3 is 10.4 Å². The number of benzene rings is 1. The molecule has 2 N–H and O–H groups in total. The molecule has 2 nitrogen and oxygen atoms in total. The highest BCUT2D eigenvalue weighted by atomic mass is 16.3. The van der Waals surface area contributed by atoms with Crippen LogP contribution in [0, 0.1) is 5.41 Å². The maximum Gasteiger partial charge on any atom is 0.0587 e. The fourth-order valence-corrected chi connectivity index (χ4v) is 1.75. The Morgan fingerprint density at radius 2 is 1.82 bits per heavy atom. The zero-order valence-electron chi connectivity index (χ0n) is 11.2. The van der Waals surface area contributed by atoms with E-state index in [1.807, 2.05) is 18.2 Å². The Labute approximate surface area is 105 Å². The molecule has 0 aliphatic carbocycles. The molecule has 17 heavy (non-hydrogen) atoms. The van der Waals surface area contributed by atoms with E-state index in [0.29, 0.717) is 5.41 Å². The van der Waals surface area contributed by atoms with E-state index < -0.39 is 0 Å². The molecule has 0 aliphatic rings. The summed E-state index contributed by atoms with van der Waals surface area (Å²) in [7, 11) is 0. The molecular formula is C15H25NO. The van der Waals surface area contributed by atoms with Gasteiger partial charge in [-0.15, -0.1) is 0 Å². The maximum atomic E-state index is 9.35. The van der Waals surface area contributed by atoms with Crippen molar-refractivity contribution in [3.8, 4) is 0 Å². The summed E-state index contributed by atoms with van der Waals surface area (Å²) in [5.41, 5.74) is 1.62. The van der Waals surface area contributed by atoms with Crippen LogP contribution < -0.4 is 5.32 Å². The van der Waals surface area contributed by atoms with Crippen molar-refractivity contribution in [2.75, 3.05) is 13.2 Å². The number of hydrogen-bond donors (Lipinski definition) is 2. The van der Waals surface area contributed by atoms with E-state index in [1.54, 1.807) is 0 Å². The summed E-state index contributed by atoms with van der Waals surface area (Å²) < 4.78 is 0. The average Bonchev–Trinajstić information content (AvgIpc) is 2.27. The minimum atomic E-state index is 0.166. The van der Waals surface area contributed by atoms with Crippen LogP contribution >= 0.6 is 0 Å². The zero-order chi connectivity index (χ0) is 12.7. The van der Waals surface area contributed by atoms with Gasteiger partial charge in [-0.3, -0.25) is 0 Å². The molecule has 96 valence electrons. The van der Waals surface area contributed by atoms with E-state index in [2.05, 4.69) is 38.2 Å². The summed E-state index contributed by atoms with van der Waals surface area (Å²) in [4.78, 5) is 0. The first-order valence-corrected chi connectivity index (χ1v) is 6.39. The van der Waals surface area contributed by atoms with Crippen LogP contribution in [0.3, 0.4) is 0 Å². The highest BCUT2D eigenvalue weighted by Crippen LogP contribution is 2.17. The summed E-state index contributed by atoms with van der Waals surface area (Å²) in [5.74, 6) is 0. The first kappa shape index (κ1) is 14.2. The van der Waals surface area contributed by atoms with Crippen molar-refractivity contribution in [2.24, 2.45) is 5.41 Å². The summed E-state index contributed by atoms with van der Waals surface area (Å²) >= 11 is 0. The van der Waals surface area contributed by atoms with Crippen molar-refractivity contribution in [3.05, 3.63) is 35.9 Å². The first-order chi connectivity index (χ1) is 8.01. The van der Waals surface area contributed by atoms with Gasteiger partial charge in [0.15, 0.2) is 0 Å². The van der Waals surface area contributed by atoms with E-state index in [0.717, 1.165) is 19.4 Å². The second-order valence-electron chi connectivity index (χ2n) is 5.83. The predicted octanol–water partition coefficient (Wildman–Crippen LogP) is 2.62. The molecule has 0 radical (unpaired) electrons. The van der Waals surface area contributed by atoms with E-state index >= 15 is 0 Å². The van der Waals surface area contributed by atoms with Gasteiger partial charge in [-0.2, -0.15) is 0 Å². The molecule has 0 aliphatic heterocycles. The van der Waals surface area contributed by atoms with Gasteiger partial charge in [-0.05, 0) is 30.4 Å². The molecule has 1 aromatic carbocycles. The quantitative estimate of drug-likeness (QED) is 0.794. The monoisotopic (exact) mass is 235 g/mol. The van der Waals surface area contributed by atoms with Gasteiger partial charge in [0.05, 0.1) is 6.61 Å². The Balaban J connectivity index is 2.34. The van der Waals surface area contributed by atoms with Crippen LogP contribution in [-0.4, -0.2) is 24.3 Å². The SMILES string of the molecule is CC(C)(C)CCN[C@H](CO)Cc1ccccc1. The lowest BCUT2D eigenvalue weighted by molar-refractivity contribution is 0.235.